The first-order valence-electron chi connectivity index (χ1n) is 19.3. The van der Waals surface area contributed by atoms with Crippen molar-refractivity contribution in [3.05, 3.63) is 60.8 Å². The number of hydrogen-bond acceptors (Lipinski definition) is 6. The third kappa shape index (κ3) is 31.0. The largest absolute Gasteiger partial charge is 0.477 e. The Labute approximate surface area is 305 Å². The molecule has 0 amide bonds. The van der Waals surface area contributed by atoms with Crippen LogP contribution in [0.2, 0.25) is 0 Å². The molecular formula is C42H72NO7+. The zero-order valence-corrected chi connectivity index (χ0v) is 32.3. The highest BCUT2D eigenvalue weighted by Crippen LogP contribution is 2.11. The number of allylic oxidation sites excluding steroid dienone is 10. The summed E-state index contributed by atoms with van der Waals surface area (Å²) in [4.78, 5) is 36.7. The van der Waals surface area contributed by atoms with Gasteiger partial charge in [-0.05, 0) is 70.6 Å². The van der Waals surface area contributed by atoms with Gasteiger partial charge in [-0.3, -0.25) is 9.59 Å². The van der Waals surface area contributed by atoms with E-state index in [1.165, 1.54) is 44.9 Å². The van der Waals surface area contributed by atoms with Gasteiger partial charge < -0.3 is 23.8 Å². The normalized spacial score (nSPS) is 13.7. The second kappa shape index (κ2) is 33.2. The van der Waals surface area contributed by atoms with E-state index >= 15 is 0 Å². The van der Waals surface area contributed by atoms with Crippen LogP contribution in [0.1, 0.15) is 136 Å². The van der Waals surface area contributed by atoms with Gasteiger partial charge >= 0.3 is 17.9 Å². The highest BCUT2D eigenvalue weighted by atomic mass is 16.6. The molecule has 286 valence electrons. The highest BCUT2D eigenvalue weighted by molar-refractivity contribution is 5.72. The number of hydrogen-bond donors (Lipinski definition) is 1. The fraction of sp³-hybridized carbons (Fsp3) is 0.690. The van der Waals surface area contributed by atoms with Gasteiger partial charge in [-0.2, -0.15) is 0 Å². The standard InChI is InChI=1S/C42H71NO7/c1-6-8-10-12-14-16-17-18-19-20-21-22-23-25-27-29-31-33-41(45)50-38(36-48-35-34-39(42(46)47)43(3,4)5)37-49-40(44)32-30-28-26-24-15-13-11-9-7-2/h9,11,15,18-19,21-22,24-25,27,38-39H,6-8,10,12-14,16-17,20,23,26,28-37H2,1-5H3/p+1/b11-9+,19-18+,22-21+,24-15+,27-25+. The molecule has 2 unspecified atom stereocenters. The van der Waals surface area contributed by atoms with E-state index in [0.29, 0.717) is 19.3 Å². The Morgan fingerprint density at radius 2 is 1.14 bits per heavy atom. The molecule has 0 aromatic rings. The van der Waals surface area contributed by atoms with Crippen LogP contribution in [0.5, 0.6) is 0 Å². The zero-order valence-electron chi connectivity index (χ0n) is 32.3. The van der Waals surface area contributed by atoms with Crippen LogP contribution in [0.25, 0.3) is 0 Å². The van der Waals surface area contributed by atoms with Crippen LogP contribution < -0.4 is 0 Å². The van der Waals surface area contributed by atoms with Crippen molar-refractivity contribution in [1.82, 2.24) is 0 Å². The number of carboxylic acid groups (broad SMARTS) is 1. The second-order valence-electron chi connectivity index (χ2n) is 13.8. The summed E-state index contributed by atoms with van der Waals surface area (Å²) in [6.07, 6.45) is 38.6. The number of aliphatic carboxylic acids is 1. The molecule has 8 heteroatoms. The van der Waals surface area contributed by atoms with E-state index in [1.54, 1.807) is 0 Å². The number of nitrogens with zero attached hydrogens (tertiary/aromatic N) is 1. The predicted molar refractivity (Wildman–Crippen MR) is 206 cm³/mol. The second-order valence-corrected chi connectivity index (χ2v) is 13.8. The maximum Gasteiger partial charge on any atom is 0.362 e. The molecule has 0 aliphatic heterocycles. The number of carboxylic acids is 1. The number of carbonyl (C=O) groups excluding carboxylic acids is 2. The molecule has 0 heterocycles. The van der Waals surface area contributed by atoms with E-state index < -0.39 is 18.1 Å². The van der Waals surface area contributed by atoms with Crippen molar-refractivity contribution in [2.45, 2.75) is 148 Å². The Morgan fingerprint density at radius 1 is 0.620 bits per heavy atom. The molecule has 0 spiro atoms. The molecule has 0 fully saturated rings. The maximum atomic E-state index is 12.6. The van der Waals surface area contributed by atoms with Gasteiger partial charge in [-0.25, -0.2) is 4.79 Å². The van der Waals surface area contributed by atoms with Gasteiger partial charge in [0.15, 0.2) is 12.1 Å². The number of rotatable bonds is 33. The molecule has 0 aliphatic rings. The van der Waals surface area contributed by atoms with Crippen molar-refractivity contribution in [1.29, 1.82) is 0 Å². The summed E-state index contributed by atoms with van der Waals surface area (Å²) in [6.45, 7) is 4.48. The number of esters is 2. The quantitative estimate of drug-likeness (QED) is 0.0315. The molecule has 0 bridgehead atoms. The van der Waals surface area contributed by atoms with Crippen molar-refractivity contribution in [2.75, 3.05) is 41.0 Å². The fourth-order valence-corrected chi connectivity index (χ4v) is 5.14. The first-order chi connectivity index (χ1) is 24.1. The van der Waals surface area contributed by atoms with E-state index in [2.05, 4.69) is 74.6 Å². The Morgan fingerprint density at radius 3 is 1.72 bits per heavy atom. The fourth-order valence-electron chi connectivity index (χ4n) is 5.14. The third-order valence-electron chi connectivity index (χ3n) is 8.15. The molecule has 0 aliphatic carbocycles. The summed E-state index contributed by atoms with van der Waals surface area (Å²) in [5.41, 5.74) is 0. The van der Waals surface area contributed by atoms with Crippen molar-refractivity contribution >= 4 is 17.9 Å². The van der Waals surface area contributed by atoms with E-state index in [9.17, 15) is 19.5 Å². The maximum absolute atomic E-state index is 12.6. The lowest BCUT2D eigenvalue weighted by Gasteiger charge is -2.31. The number of unbranched alkanes of at least 4 members (excludes halogenated alkanes) is 9. The lowest BCUT2D eigenvalue weighted by atomic mass is 10.1. The lowest BCUT2D eigenvalue weighted by molar-refractivity contribution is -0.887. The van der Waals surface area contributed by atoms with Gasteiger partial charge in [0, 0.05) is 19.3 Å². The highest BCUT2D eigenvalue weighted by Gasteiger charge is 2.31. The lowest BCUT2D eigenvalue weighted by Crippen LogP contribution is -2.50. The average molecular weight is 703 g/mol. The molecule has 0 saturated carbocycles. The van der Waals surface area contributed by atoms with Crippen LogP contribution >= 0.6 is 0 Å². The summed E-state index contributed by atoms with van der Waals surface area (Å²) in [5, 5.41) is 9.57. The van der Waals surface area contributed by atoms with Crippen LogP contribution in [0.15, 0.2) is 60.8 Å². The van der Waals surface area contributed by atoms with Crippen LogP contribution in [0, 0.1) is 0 Å². The van der Waals surface area contributed by atoms with Crippen molar-refractivity contribution in [2.24, 2.45) is 0 Å². The SMILES string of the molecule is CC/C=C/C/C=C/CCCCC(=O)OCC(COCCC(C(=O)O)[N+](C)(C)C)OC(=O)CCC/C=C/C/C=C/C/C=C/CCCCCCCC. The predicted octanol–water partition coefficient (Wildman–Crippen LogP) is 9.85. The van der Waals surface area contributed by atoms with Gasteiger partial charge in [0.05, 0.1) is 34.4 Å². The van der Waals surface area contributed by atoms with Crippen molar-refractivity contribution in [3.63, 3.8) is 0 Å². The van der Waals surface area contributed by atoms with E-state index in [4.69, 9.17) is 14.2 Å². The van der Waals surface area contributed by atoms with Crippen LogP contribution in [0.4, 0.5) is 0 Å². The summed E-state index contributed by atoms with van der Waals surface area (Å²) in [7, 11) is 5.48. The van der Waals surface area contributed by atoms with Crippen LogP contribution in [0.3, 0.4) is 0 Å². The van der Waals surface area contributed by atoms with Crippen molar-refractivity contribution < 1.29 is 38.2 Å². The van der Waals surface area contributed by atoms with E-state index in [1.807, 2.05) is 21.1 Å². The average Bonchev–Trinajstić information content (AvgIpc) is 3.06. The van der Waals surface area contributed by atoms with E-state index in [-0.39, 0.29) is 42.7 Å². The molecule has 1 N–H and O–H groups in total. The molecule has 0 radical (unpaired) electrons. The summed E-state index contributed by atoms with van der Waals surface area (Å²) < 4.78 is 17.1. The Hall–Kier alpha value is -2.97. The minimum absolute atomic E-state index is 0.0280. The first kappa shape index (κ1) is 47.0. The molecular weight excluding hydrogens is 630 g/mol. The van der Waals surface area contributed by atoms with Crippen LogP contribution in [-0.4, -0.2) is 80.6 Å². The Kier molecular flexibility index (Phi) is 31.2. The van der Waals surface area contributed by atoms with Gasteiger partial charge in [0.2, 0.25) is 0 Å². The van der Waals surface area contributed by atoms with Crippen molar-refractivity contribution in [3.8, 4) is 0 Å². The number of likely N-dealkylation sites (N-methyl/N-ethyl adjacent to an activating group) is 1. The summed E-state index contributed by atoms with van der Waals surface area (Å²) in [6, 6.07) is -0.628. The topological polar surface area (TPSA) is 99.1 Å². The molecule has 2 atom stereocenters. The molecule has 8 nitrogen and oxygen atoms in total. The minimum atomic E-state index is -0.891. The monoisotopic (exact) mass is 703 g/mol. The number of ether oxygens (including phenoxy) is 3. The van der Waals surface area contributed by atoms with Gasteiger partial charge in [0.1, 0.15) is 6.61 Å². The third-order valence-corrected chi connectivity index (χ3v) is 8.15. The Balaban J connectivity index is 4.52. The molecule has 0 rings (SSSR count). The van der Waals surface area contributed by atoms with Gasteiger partial charge in [-0.1, -0.05) is 107 Å². The summed E-state index contributed by atoms with van der Waals surface area (Å²) in [5.74, 6) is -1.59. The number of quaternary nitrogens is 1. The van der Waals surface area contributed by atoms with Gasteiger partial charge in [-0.15, -0.1) is 0 Å². The zero-order chi connectivity index (χ0) is 37.1. The first-order valence-corrected chi connectivity index (χ1v) is 19.3. The van der Waals surface area contributed by atoms with Gasteiger partial charge in [0.25, 0.3) is 0 Å². The molecule has 0 aromatic carbocycles. The Bertz CT molecular complexity index is 1010. The summed E-state index contributed by atoms with van der Waals surface area (Å²) >= 11 is 0. The van der Waals surface area contributed by atoms with Crippen LogP contribution in [-0.2, 0) is 28.6 Å². The van der Waals surface area contributed by atoms with E-state index in [0.717, 1.165) is 51.4 Å². The number of carbonyl (C=O) groups is 3. The molecule has 0 saturated heterocycles. The molecule has 50 heavy (non-hydrogen) atoms. The molecule has 0 aromatic heterocycles. The minimum Gasteiger partial charge on any atom is -0.477 e. The smallest absolute Gasteiger partial charge is 0.362 e.